The molecule has 0 aliphatic rings. The first kappa shape index (κ1) is 21.5. The summed E-state index contributed by atoms with van der Waals surface area (Å²) in [4.78, 5) is 26.4. The number of hydrogen-bond donors (Lipinski definition) is 1. The quantitative estimate of drug-likeness (QED) is 0.293. The summed E-state index contributed by atoms with van der Waals surface area (Å²) in [6.07, 6.45) is 1.70. The molecule has 5 rings (SSSR count). The van der Waals surface area contributed by atoms with Gasteiger partial charge in [0.15, 0.2) is 5.76 Å². The molecule has 0 radical (unpaired) electrons. The van der Waals surface area contributed by atoms with Crippen LogP contribution in [-0.4, -0.2) is 18.3 Å². The van der Waals surface area contributed by atoms with Crippen molar-refractivity contribution in [1.29, 1.82) is 0 Å². The van der Waals surface area contributed by atoms with Crippen molar-refractivity contribution in [3.8, 4) is 5.75 Å². The Morgan fingerprint density at radius 2 is 1.74 bits per heavy atom. The van der Waals surface area contributed by atoms with Crippen molar-refractivity contribution in [2.24, 2.45) is 0 Å². The fourth-order valence-corrected chi connectivity index (χ4v) is 4.02. The lowest BCUT2D eigenvalue weighted by molar-refractivity contribution is -0.115. The monoisotopic (exact) mass is 453 g/mol. The maximum atomic E-state index is 13.3. The number of rotatable bonds is 7. The zero-order valence-electron chi connectivity index (χ0n) is 18.9. The van der Waals surface area contributed by atoms with E-state index in [9.17, 15) is 9.59 Å². The average Bonchev–Trinajstić information content (AvgIpc) is 3.40. The summed E-state index contributed by atoms with van der Waals surface area (Å²) in [7, 11) is 0. The maximum Gasteiger partial charge on any atom is 0.230 e. The molecule has 34 heavy (non-hydrogen) atoms. The van der Waals surface area contributed by atoms with Crippen LogP contribution in [0.3, 0.4) is 0 Å². The Balaban J connectivity index is 1.46. The second kappa shape index (κ2) is 8.90. The third kappa shape index (κ3) is 4.06. The van der Waals surface area contributed by atoms with Gasteiger partial charge in [-0.25, -0.2) is 0 Å². The van der Waals surface area contributed by atoms with Gasteiger partial charge in [0.2, 0.25) is 11.7 Å². The molecule has 0 saturated carbocycles. The lowest BCUT2D eigenvalue weighted by Gasteiger charge is -2.07. The highest BCUT2D eigenvalue weighted by Crippen LogP contribution is 2.33. The number of aryl methyl sites for hydroxylation is 1. The average molecular weight is 453 g/mol. The van der Waals surface area contributed by atoms with Crippen LogP contribution in [0.1, 0.15) is 34.2 Å². The predicted molar refractivity (Wildman–Crippen MR) is 131 cm³/mol. The van der Waals surface area contributed by atoms with E-state index in [0.717, 1.165) is 22.1 Å². The summed E-state index contributed by atoms with van der Waals surface area (Å²) in [6, 6.07) is 20.0. The predicted octanol–water partition coefficient (Wildman–Crippen LogP) is 6.30. The van der Waals surface area contributed by atoms with E-state index >= 15 is 0 Å². The zero-order chi connectivity index (χ0) is 23.7. The molecule has 0 saturated heterocycles. The Bertz CT molecular complexity index is 1510. The molecule has 1 N–H and O–H groups in total. The topological polar surface area (TPSA) is 81.7 Å². The van der Waals surface area contributed by atoms with Gasteiger partial charge in [0.05, 0.1) is 25.0 Å². The lowest BCUT2D eigenvalue weighted by Crippen LogP contribution is -2.16. The number of nitrogens with one attached hydrogen (secondary N) is 1. The largest absolute Gasteiger partial charge is 0.494 e. The molecule has 0 bridgehead atoms. The Morgan fingerprint density at radius 3 is 2.53 bits per heavy atom. The summed E-state index contributed by atoms with van der Waals surface area (Å²) in [5, 5.41) is 4.48. The van der Waals surface area contributed by atoms with E-state index < -0.39 is 0 Å². The zero-order valence-corrected chi connectivity index (χ0v) is 18.9. The van der Waals surface area contributed by atoms with E-state index in [2.05, 4.69) is 5.32 Å². The summed E-state index contributed by atoms with van der Waals surface area (Å²) < 4.78 is 17.0. The van der Waals surface area contributed by atoms with E-state index in [1.54, 1.807) is 36.6 Å². The summed E-state index contributed by atoms with van der Waals surface area (Å²) in [5.74, 6) is 0.182. The molecule has 0 fully saturated rings. The van der Waals surface area contributed by atoms with Gasteiger partial charge in [-0.2, -0.15) is 0 Å². The van der Waals surface area contributed by atoms with Gasteiger partial charge < -0.3 is 18.9 Å². The van der Waals surface area contributed by atoms with Crippen LogP contribution in [0.25, 0.3) is 21.9 Å². The second-order valence-corrected chi connectivity index (χ2v) is 8.07. The molecular formula is C28H23NO5. The number of anilines is 1. The number of hydrogen-bond acceptors (Lipinski definition) is 5. The van der Waals surface area contributed by atoms with Crippen LogP contribution < -0.4 is 10.1 Å². The highest BCUT2D eigenvalue weighted by Gasteiger charge is 2.24. The van der Waals surface area contributed by atoms with Crippen molar-refractivity contribution >= 4 is 39.3 Å². The number of ether oxygens (including phenoxy) is 1. The summed E-state index contributed by atoms with van der Waals surface area (Å²) in [6.45, 7) is 4.43. The SMILES string of the molecule is CCOc1ccc(C(=O)c2oc3ccccc3c2NC(=O)Cc2coc3ccc(C)cc23)cc1. The fraction of sp³-hybridized carbons (Fsp3) is 0.143. The lowest BCUT2D eigenvalue weighted by atomic mass is 10.1. The van der Waals surface area contributed by atoms with Crippen molar-refractivity contribution in [2.45, 2.75) is 20.3 Å². The third-order valence-corrected chi connectivity index (χ3v) is 5.65. The first-order chi connectivity index (χ1) is 16.5. The number of benzene rings is 3. The minimum atomic E-state index is -0.320. The molecule has 0 atom stereocenters. The minimum absolute atomic E-state index is 0.0895. The van der Waals surface area contributed by atoms with Gasteiger partial charge in [0.25, 0.3) is 0 Å². The van der Waals surface area contributed by atoms with Crippen LogP contribution in [0.2, 0.25) is 0 Å². The standard InChI is InChI=1S/C28H23NO5/c1-3-32-20-11-9-18(10-12-20)27(31)28-26(21-6-4-5-7-24(21)34-28)29-25(30)15-19-16-33-23-13-8-17(2)14-22(19)23/h4-14,16H,3,15H2,1-2H3,(H,29,30). The molecule has 170 valence electrons. The van der Waals surface area contributed by atoms with Gasteiger partial charge in [-0.15, -0.1) is 0 Å². The molecule has 2 aromatic heterocycles. The van der Waals surface area contributed by atoms with Gasteiger partial charge in [0, 0.05) is 21.9 Å². The van der Waals surface area contributed by atoms with Crippen molar-refractivity contribution in [2.75, 3.05) is 11.9 Å². The van der Waals surface area contributed by atoms with Gasteiger partial charge in [0.1, 0.15) is 16.9 Å². The molecule has 6 heteroatoms. The van der Waals surface area contributed by atoms with E-state index in [1.807, 2.05) is 50.2 Å². The van der Waals surface area contributed by atoms with Crippen LogP contribution in [0.5, 0.6) is 5.75 Å². The normalized spacial score (nSPS) is 11.1. The molecule has 0 unspecified atom stereocenters. The smallest absolute Gasteiger partial charge is 0.230 e. The van der Waals surface area contributed by atoms with Gasteiger partial charge in [-0.1, -0.05) is 23.8 Å². The molecule has 1 amide bonds. The molecule has 0 aliphatic heterocycles. The van der Waals surface area contributed by atoms with Crippen molar-refractivity contribution in [3.05, 3.63) is 95.4 Å². The molecule has 5 aromatic rings. The number of amides is 1. The van der Waals surface area contributed by atoms with Crippen molar-refractivity contribution in [1.82, 2.24) is 0 Å². The minimum Gasteiger partial charge on any atom is -0.494 e. The third-order valence-electron chi connectivity index (χ3n) is 5.65. The van der Waals surface area contributed by atoms with Crippen LogP contribution in [0.4, 0.5) is 5.69 Å². The first-order valence-corrected chi connectivity index (χ1v) is 11.1. The number of carbonyl (C=O) groups excluding carboxylic acids is 2. The highest BCUT2D eigenvalue weighted by atomic mass is 16.5. The Hall–Kier alpha value is -4.32. The van der Waals surface area contributed by atoms with Crippen LogP contribution in [-0.2, 0) is 11.2 Å². The molecule has 6 nitrogen and oxygen atoms in total. The van der Waals surface area contributed by atoms with Gasteiger partial charge >= 0.3 is 0 Å². The van der Waals surface area contributed by atoms with Gasteiger partial charge in [-0.05, 0) is 62.4 Å². The molecule has 0 spiro atoms. The van der Waals surface area contributed by atoms with Crippen molar-refractivity contribution < 1.29 is 23.2 Å². The number of fused-ring (bicyclic) bond motifs is 2. The summed E-state index contributed by atoms with van der Waals surface area (Å²) >= 11 is 0. The second-order valence-electron chi connectivity index (χ2n) is 8.07. The Morgan fingerprint density at radius 1 is 0.941 bits per heavy atom. The van der Waals surface area contributed by atoms with E-state index in [4.69, 9.17) is 13.6 Å². The molecular weight excluding hydrogens is 430 g/mol. The highest BCUT2D eigenvalue weighted by molar-refractivity contribution is 6.17. The van der Waals surface area contributed by atoms with Crippen LogP contribution >= 0.6 is 0 Å². The number of para-hydroxylation sites is 1. The number of ketones is 1. The fourth-order valence-electron chi connectivity index (χ4n) is 4.02. The van der Waals surface area contributed by atoms with Crippen LogP contribution in [0.15, 0.2) is 81.8 Å². The number of furan rings is 2. The molecule has 2 heterocycles. The van der Waals surface area contributed by atoms with E-state index in [0.29, 0.717) is 34.6 Å². The van der Waals surface area contributed by atoms with Crippen LogP contribution in [0, 0.1) is 6.92 Å². The van der Waals surface area contributed by atoms with Gasteiger partial charge in [-0.3, -0.25) is 9.59 Å². The Kier molecular flexibility index (Phi) is 5.64. The number of carbonyl (C=O) groups is 2. The van der Waals surface area contributed by atoms with Crippen molar-refractivity contribution in [3.63, 3.8) is 0 Å². The first-order valence-electron chi connectivity index (χ1n) is 11.1. The van der Waals surface area contributed by atoms with E-state index in [1.165, 1.54) is 0 Å². The Labute approximate surface area is 196 Å². The molecule has 3 aromatic carbocycles. The van der Waals surface area contributed by atoms with E-state index in [-0.39, 0.29) is 23.9 Å². The summed E-state index contributed by atoms with van der Waals surface area (Å²) in [5.41, 5.74) is 3.92. The molecule has 0 aliphatic carbocycles. The maximum absolute atomic E-state index is 13.3.